The van der Waals surface area contributed by atoms with Gasteiger partial charge in [0, 0.05) is 19.8 Å². The summed E-state index contributed by atoms with van der Waals surface area (Å²) in [7, 11) is -0.364. The van der Waals surface area contributed by atoms with E-state index in [1.165, 1.54) is 12.1 Å². The van der Waals surface area contributed by atoms with Crippen molar-refractivity contribution in [1.82, 2.24) is 0 Å². The average Bonchev–Trinajstić information content (AvgIpc) is 2.03. The predicted octanol–water partition coefficient (Wildman–Crippen LogP) is 0.999. The molecule has 0 amide bonds. The predicted molar refractivity (Wildman–Crippen MR) is 50.6 cm³/mol. The summed E-state index contributed by atoms with van der Waals surface area (Å²) < 4.78 is 30.0. The van der Waals surface area contributed by atoms with Crippen molar-refractivity contribution in [1.29, 1.82) is 0 Å². The van der Waals surface area contributed by atoms with Gasteiger partial charge in [-0.25, -0.2) is 0 Å². The summed E-state index contributed by atoms with van der Waals surface area (Å²) in [6.07, 6.45) is 0. The van der Waals surface area contributed by atoms with Crippen molar-refractivity contribution in [3.63, 3.8) is 0 Å². The average molecular weight is 201 g/mol. The number of rotatable bonds is 2. The lowest BCUT2D eigenvalue weighted by atomic mass is 10.3. The second kappa shape index (κ2) is 3.35. The van der Waals surface area contributed by atoms with Crippen LogP contribution in [0, 0.1) is 0 Å². The molecular weight excluding hydrogens is 190 g/mol. The minimum atomic E-state index is -4.06. The Bertz CT molecular complexity index is 380. The van der Waals surface area contributed by atoms with Crippen LogP contribution >= 0.6 is 0 Å². The minimum Gasteiger partial charge on any atom is -0.378 e. The third kappa shape index (κ3) is 2.43. The van der Waals surface area contributed by atoms with E-state index in [1.54, 1.807) is 12.1 Å². The van der Waals surface area contributed by atoms with Crippen molar-refractivity contribution < 1.29 is 13.0 Å². The zero-order chi connectivity index (χ0) is 10.1. The van der Waals surface area contributed by atoms with Gasteiger partial charge in [-0.15, -0.1) is 0 Å². The highest BCUT2D eigenvalue weighted by atomic mass is 32.2. The molecule has 1 aromatic carbocycles. The number of hydrogen-bond donors (Lipinski definition) is 1. The van der Waals surface area contributed by atoms with Crippen LogP contribution in [0.25, 0.3) is 0 Å². The van der Waals surface area contributed by atoms with Crippen molar-refractivity contribution in [3.05, 3.63) is 24.3 Å². The molecule has 5 heteroatoms. The molecule has 0 aliphatic heterocycles. The monoisotopic (exact) mass is 201 g/mol. The molecule has 0 bridgehead atoms. The molecule has 0 radical (unpaired) electrons. The van der Waals surface area contributed by atoms with Crippen LogP contribution in [0.15, 0.2) is 29.2 Å². The fourth-order valence-electron chi connectivity index (χ4n) is 0.916. The Morgan fingerprint density at radius 2 is 1.62 bits per heavy atom. The first-order chi connectivity index (χ1) is 5.91. The number of hydrogen-bond acceptors (Lipinski definition) is 3. The summed E-state index contributed by atoms with van der Waals surface area (Å²) in [5.41, 5.74) is 0.882. The molecule has 0 atom stereocenters. The van der Waals surface area contributed by atoms with Crippen molar-refractivity contribution in [2.75, 3.05) is 19.0 Å². The van der Waals surface area contributed by atoms with Crippen LogP contribution < -0.4 is 4.90 Å². The molecule has 0 aliphatic rings. The molecule has 0 spiro atoms. The Hall–Kier alpha value is -1.07. The van der Waals surface area contributed by atoms with Gasteiger partial charge in [-0.3, -0.25) is 4.55 Å². The van der Waals surface area contributed by atoms with E-state index in [1.807, 2.05) is 19.0 Å². The normalized spacial score (nSPS) is 11.3. The van der Waals surface area contributed by atoms with Crippen LogP contribution in [0.2, 0.25) is 0 Å². The van der Waals surface area contributed by atoms with E-state index >= 15 is 0 Å². The number of nitrogens with zero attached hydrogens (tertiary/aromatic N) is 1. The molecule has 1 rings (SSSR count). The van der Waals surface area contributed by atoms with Crippen molar-refractivity contribution in [3.8, 4) is 0 Å². The van der Waals surface area contributed by atoms with Gasteiger partial charge < -0.3 is 4.90 Å². The van der Waals surface area contributed by atoms with Gasteiger partial charge in [0.15, 0.2) is 0 Å². The van der Waals surface area contributed by atoms with Crippen LogP contribution in [0.4, 0.5) is 5.69 Å². The number of anilines is 1. The molecule has 1 aromatic rings. The summed E-state index contributed by atoms with van der Waals surface area (Å²) in [6.45, 7) is 0. The molecule has 72 valence electrons. The first-order valence-electron chi connectivity index (χ1n) is 3.66. The minimum absolute atomic E-state index is 0.0851. The maximum Gasteiger partial charge on any atom is 0.294 e. The Balaban J connectivity index is 3.08. The molecule has 0 heterocycles. The number of benzene rings is 1. The second-order valence-corrected chi connectivity index (χ2v) is 4.28. The molecule has 0 aromatic heterocycles. The Labute approximate surface area is 77.5 Å². The first-order valence-corrected chi connectivity index (χ1v) is 5.10. The highest BCUT2D eigenvalue weighted by Gasteiger charge is 2.08. The van der Waals surface area contributed by atoms with E-state index in [9.17, 15) is 8.42 Å². The zero-order valence-electron chi connectivity index (χ0n) is 7.43. The highest BCUT2D eigenvalue weighted by Crippen LogP contribution is 2.15. The third-order valence-corrected chi connectivity index (χ3v) is 2.52. The molecule has 0 aliphatic carbocycles. The quantitative estimate of drug-likeness (QED) is 0.725. The summed E-state index contributed by atoms with van der Waals surface area (Å²) in [4.78, 5) is 1.76. The fourth-order valence-corrected chi connectivity index (χ4v) is 1.40. The van der Waals surface area contributed by atoms with E-state index in [0.717, 1.165) is 5.69 Å². The van der Waals surface area contributed by atoms with E-state index in [2.05, 4.69) is 0 Å². The maximum absolute atomic E-state index is 10.7. The van der Waals surface area contributed by atoms with Gasteiger partial charge >= 0.3 is 0 Å². The highest BCUT2D eigenvalue weighted by molar-refractivity contribution is 7.85. The van der Waals surface area contributed by atoms with Gasteiger partial charge in [0.25, 0.3) is 10.1 Å². The second-order valence-electron chi connectivity index (χ2n) is 2.86. The van der Waals surface area contributed by atoms with Gasteiger partial charge in [-0.2, -0.15) is 8.42 Å². The Morgan fingerprint density at radius 3 is 1.92 bits per heavy atom. The third-order valence-electron chi connectivity index (χ3n) is 1.65. The molecular formula is C8H11NO3S. The lowest BCUT2D eigenvalue weighted by Crippen LogP contribution is -2.08. The molecule has 4 nitrogen and oxygen atoms in total. The van der Waals surface area contributed by atoms with E-state index in [4.69, 9.17) is 4.55 Å². The standard InChI is InChI=1S/C8H11NO3S/c1-9(2)7-3-5-8(6-4-7)13(10,11)12/h3-6H,1-2H3,(H,10,11,12). The lowest BCUT2D eigenvalue weighted by Gasteiger charge is -2.11. The van der Waals surface area contributed by atoms with Crippen molar-refractivity contribution in [2.24, 2.45) is 0 Å². The van der Waals surface area contributed by atoms with Crippen LogP contribution in [0.3, 0.4) is 0 Å². The summed E-state index contributed by atoms with van der Waals surface area (Å²) in [6, 6.07) is 5.99. The van der Waals surface area contributed by atoms with Crippen molar-refractivity contribution in [2.45, 2.75) is 4.90 Å². The van der Waals surface area contributed by atoms with E-state index < -0.39 is 10.1 Å². The van der Waals surface area contributed by atoms with E-state index in [-0.39, 0.29) is 4.90 Å². The molecule has 0 fully saturated rings. The first kappa shape index (κ1) is 10.0. The van der Waals surface area contributed by atoms with Gasteiger partial charge in [0.2, 0.25) is 0 Å². The Kier molecular flexibility index (Phi) is 2.58. The SMILES string of the molecule is CN(C)c1ccc(S(=O)(=O)O)cc1. The van der Waals surface area contributed by atoms with Gasteiger partial charge in [0.1, 0.15) is 0 Å². The molecule has 0 saturated heterocycles. The summed E-state index contributed by atoms with van der Waals surface area (Å²) >= 11 is 0. The molecule has 0 saturated carbocycles. The summed E-state index contributed by atoms with van der Waals surface area (Å²) in [5.74, 6) is 0. The fraction of sp³-hybridized carbons (Fsp3) is 0.250. The largest absolute Gasteiger partial charge is 0.378 e. The molecule has 1 N–H and O–H groups in total. The van der Waals surface area contributed by atoms with Gasteiger partial charge in [-0.05, 0) is 24.3 Å². The van der Waals surface area contributed by atoms with Gasteiger partial charge in [0.05, 0.1) is 4.90 Å². The summed E-state index contributed by atoms with van der Waals surface area (Å²) in [5, 5.41) is 0. The van der Waals surface area contributed by atoms with Crippen LogP contribution in [-0.2, 0) is 10.1 Å². The molecule has 0 unspecified atom stereocenters. The smallest absolute Gasteiger partial charge is 0.294 e. The Morgan fingerprint density at radius 1 is 1.15 bits per heavy atom. The van der Waals surface area contributed by atoms with E-state index in [0.29, 0.717) is 0 Å². The van der Waals surface area contributed by atoms with Crippen LogP contribution in [0.1, 0.15) is 0 Å². The zero-order valence-corrected chi connectivity index (χ0v) is 8.25. The molecule has 13 heavy (non-hydrogen) atoms. The van der Waals surface area contributed by atoms with Crippen LogP contribution in [0.5, 0.6) is 0 Å². The van der Waals surface area contributed by atoms with Gasteiger partial charge in [-0.1, -0.05) is 0 Å². The topological polar surface area (TPSA) is 57.6 Å². The lowest BCUT2D eigenvalue weighted by molar-refractivity contribution is 0.483. The van der Waals surface area contributed by atoms with Crippen molar-refractivity contribution >= 4 is 15.8 Å². The maximum atomic E-state index is 10.7. The van der Waals surface area contributed by atoms with Crippen LogP contribution in [-0.4, -0.2) is 27.1 Å².